The van der Waals surface area contributed by atoms with Crippen LogP contribution in [0.15, 0.2) is 27.2 Å². The van der Waals surface area contributed by atoms with Crippen LogP contribution in [-0.4, -0.2) is 11.0 Å². The second-order valence-electron chi connectivity index (χ2n) is 2.68. The largest absolute Gasteiger partial charge is 0.506 e. The zero-order valence-corrected chi connectivity index (χ0v) is 10.7. The number of rotatable bonds is 2. The molecule has 0 heterocycles. The molecule has 0 aliphatic carbocycles. The summed E-state index contributed by atoms with van der Waals surface area (Å²) in [6.07, 6.45) is 2.88. The second-order valence-corrected chi connectivity index (χ2v) is 4.38. The number of hydrogen-bond acceptors (Lipinski definition) is 3. The summed E-state index contributed by atoms with van der Waals surface area (Å²) in [6, 6.07) is 3.36. The van der Waals surface area contributed by atoms with Crippen molar-refractivity contribution in [1.82, 2.24) is 5.43 Å². The Bertz CT molecular complexity index is 396. The maximum absolute atomic E-state index is 10.8. The molecule has 4 nitrogen and oxygen atoms in total. The van der Waals surface area contributed by atoms with Crippen LogP contribution in [0.5, 0.6) is 5.75 Å². The Hall–Kier alpha value is -0.850. The van der Waals surface area contributed by atoms with Gasteiger partial charge in [-0.1, -0.05) is 0 Å². The van der Waals surface area contributed by atoms with Gasteiger partial charge in [-0.2, -0.15) is 0 Å². The van der Waals surface area contributed by atoms with Crippen molar-refractivity contribution in [2.45, 2.75) is 0 Å². The van der Waals surface area contributed by atoms with Gasteiger partial charge in [-0.05, 0) is 55.6 Å². The standard InChI is InChI=1S/C9H8Br2N2O2/c10-6-3-5(1-2-8(14)13-12)4-7(11)9(6)15/h1-4,15H,12H2,(H,13,14)/b2-1+. The molecule has 0 fully saturated rings. The summed E-state index contributed by atoms with van der Waals surface area (Å²) in [4.78, 5) is 10.8. The van der Waals surface area contributed by atoms with Gasteiger partial charge in [0.1, 0.15) is 5.75 Å². The van der Waals surface area contributed by atoms with Gasteiger partial charge in [0, 0.05) is 6.08 Å². The third-order valence-corrected chi connectivity index (χ3v) is 2.82. The van der Waals surface area contributed by atoms with Crippen LogP contribution in [-0.2, 0) is 4.79 Å². The number of aromatic hydroxyl groups is 1. The first-order chi connectivity index (χ1) is 7.04. The minimum atomic E-state index is -0.393. The van der Waals surface area contributed by atoms with E-state index in [4.69, 9.17) is 5.84 Å². The number of benzene rings is 1. The molecule has 0 unspecified atom stereocenters. The average molecular weight is 336 g/mol. The van der Waals surface area contributed by atoms with Crippen LogP contribution in [0.4, 0.5) is 0 Å². The molecule has 4 N–H and O–H groups in total. The smallest absolute Gasteiger partial charge is 0.257 e. The van der Waals surface area contributed by atoms with E-state index in [0.717, 1.165) is 5.56 Å². The van der Waals surface area contributed by atoms with E-state index in [1.54, 1.807) is 18.2 Å². The van der Waals surface area contributed by atoms with Gasteiger partial charge < -0.3 is 5.11 Å². The van der Waals surface area contributed by atoms with Crippen LogP contribution in [0.25, 0.3) is 6.08 Å². The van der Waals surface area contributed by atoms with Gasteiger partial charge in [0.05, 0.1) is 8.95 Å². The lowest BCUT2D eigenvalue weighted by molar-refractivity contribution is -0.116. The van der Waals surface area contributed by atoms with Gasteiger partial charge in [-0.15, -0.1) is 0 Å². The Morgan fingerprint density at radius 3 is 2.40 bits per heavy atom. The van der Waals surface area contributed by atoms with Gasteiger partial charge in [-0.3, -0.25) is 10.2 Å². The lowest BCUT2D eigenvalue weighted by Crippen LogP contribution is -2.27. The van der Waals surface area contributed by atoms with Crippen molar-refractivity contribution in [3.05, 3.63) is 32.7 Å². The highest BCUT2D eigenvalue weighted by atomic mass is 79.9. The number of phenolic OH excluding ortho intramolecular Hbond substituents is 1. The highest BCUT2D eigenvalue weighted by Crippen LogP contribution is 2.33. The Labute approximate surface area is 103 Å². The van der Waals surface area contributed by atoms with Gasteiger partial charge in [0.25, 0.3) is 5.91 Å². The number of hydrazine groups is 1. The minimum absolute atomic E-state index is 0.121. The number of carbonyl (C=O) groups is 1. The van der Waals surface area contributed by atoms with Crippen molar-refractivity contribution in [2.24, 2.45) is 5.84 Å². The molecule has 0 atom stereocenters. The average Bonchev–Trinajstić information content (AvgIpc) is 2.22. The predicted octanol–water partition coefficient (Wildman–Crippen LogP) is 1.92. The molecule has 0 aromatic heterocycles. The molecule has 1 rings (SSSR count). The summed E-state index contributed by atoms with van der Waals surface area (Å²) in [5, 5.41) is 9.44. The summed E-state index contributed by atoms with van der Waals surface area (Å²) in [5.74, 6) is 4.64. The number of phenols is 1. The molecule has 1 aromatic rings. The highest BCUT2D eigenvalue weighted by Gasteiger charge is 2.04. The predicted molar refractivity (Wildman–Crippen MR) is 64.9 cm³/mol. The van der Waals surface area contributed by atoms with E-state index < -0.39 is 5.91 Å². The number of nitrogens with two attached hydrogens (primary N) is 1. The van der Waals surface area contributed by atoms with Crippen LogP contribution in [0, 0.1) is 0 Å². The maximum atomic E-state index is 10.8. The first kappa shape index (κ1) is 12.2. The maximum Gasteiger partial charge on any atom is 0.257 e. The Morgan fingerprint density at radius 1 is 1.40 bits per heavy atom. The zero-order valence-electron chi connectivity index (χ0n) is 7.50. The van der Waals surface area contributed by atoms with E-state index in [-0.39, 0.29) is 5.75 Å². The number of amides is 1. The van der Waals surface area contributed by atoms with E-state index in [0.29, 0.717) is 8.95 Å². The van der Waals surface area contributed by atoms with Crippen molar-refractivity contribution < 1.29 is 9.90 Å². The van der Waals surface area contributed by atoms with E-state index in [2.05, 4.69) is 31.9 Å². The Balaban J connectivity index is 2.97. The molecular formula is C9H8Br2N2O2. The number of nitrogens with one attached hydrogen (secondary N) is 1. The summed E-state index contributed by atoms with van der Waals surface area (Å²) in [5.41, 5.74) is 2.74. The monoisotopic (exact) mass is 334 g/mol. The van der Waals surface area contributed by atoms with E-state index in [1.807, 2.05) is 5.43 Å². The molecule has 0 aliphatic heterocycles. The topological polar surface area (TPSA) is 75.3 Å². The highest BCUT2D eigenvalue weighted by molar-refractivity contribution is 9.11. The van der Waals surface area contributed by atoms with Crippen molar-refractivity contribution in [3.63, 3.8) is 0 Å². The number of carbonyl (C=O) groups excluding carboxylic acids is 1. The van der Waals surface area contributed by atoms with Gasteiger partial charge in [0.2, 0.25) is 0 Å². The molecule has 0 bridgehead atoms. The third kappa shape index (κ3) is 3.33. The molecule has 0 saturated heterocycles. The molecule has 0 spiro atoms. The van der Waals surface area contributed by atoms with Crippen LogP contribution in [0.1, 0.15) is 5.56 Å². The van der Waals surface area contributed by atoms with Crippen LogP contribution >= 0.6 is 31.9 Å². The summed E-state index contributed by atoms with van der Waals surface area (Å²) in [6.45, 7) is 0. The lowest BCUT2D eigenvalue weighted by atomic mass is 10.2. The fraction of sp³-hybridized carbons (Fsp3) is 0. The van der Waals surface area contributed by atoms with Gasteiger partial charge in [0.15, 0.2) is 0 Å². The van der Waals surface area contributed by atoms with Crippen LogP contribution in [0.3, 0.4) is 0 Å². The quantitative estimate of drug-likeness (QED) is 0.334. The van der Waals surface area contributed by atoms with E-state index in [9.17, 15) is 9.90 Å². The van der Waals surface area contributed by atoms with Crippen molar-refractivity contribution in [3.8, 4) is 5.75 Å². The van der Waals surface area contributed by atoms with E-state index >= 15 is 0 Å². The summed E-state index contributed by atoms with van der Waals surface area (Å²) >= 11 is 6.36. The first-order valence-corrected chi connectivity index (χ1v) is 5.50. The second kappa shape index (κ2) is 5.29. The van der Waals surface area contributed by atoms with Crippen molar-refractivity contribution in [2.75, 3.05) is 0 Å². The molecule has 6 heteroatoms. The number of halogens is 2. The minimum Gasteiger partial charge on any atom is -0.506 e. The van der Waals surface area contributed by atoms with Gasteiger partial charge >= 0.3 is 0 Å². The molecule has 0 aliphatic rings. The fourth-order valence-corrected chi connectivity index (χ4v) is 2.12. The zero-order chi connectivity index (χ0) is 11.4. The normalized spacial score (nSPS) is 10.6. The molecule has 1 amide bonds. The molecular weight excluding hydrogens is 328 g/mol. The SMILES string of the molecule is NNC(=O)/C=C/c1cc(Br)c(O)c(Br)c1. The van der Waals surface area contributed by atoms with Crippen molar-refractivity contribution in [1.29, 1.82) is 0 Å². The molecule has 0 saturated carbocycles. The summed E-state index contributed by atoms with van der Waals surface area (Å²) in [7, 11) is 0. The summed E-state index contributed by atoms with van der Waals surface area (Å²) < 4.78 is 1.09. The molecule has 80 valence electrons. The number of hydrogen-bond donors (Lipinski definition) is 3. The molecule has 0 radical (unpaired) electrons. The molecule has 15 heavy (non-hydrogen) atoms. The van der Waals surface area contributed by atoms with Crippen molar-refractivity contribution >= 4 is 43.8 Å². The van der Waals surface area contributed by atoms with Gasteiger partial charge in [-0.25, -0.2) is 5.84 Å². The first-order valence-electron chi connectivity index (χ1n) is 3.91. The van der Waals surface area contributed by atoms with Crippen LogP contribution in [0.2, 0.25) is 0 Å². The molecule has 1 aromatic carbocycles. The van der Waals surface area contributed by atoms with Crippen LogP contribution < -0.4 is 11.3 Å². The third-order valence-electron chi connectivity index (χ3n) is 1.61. The Morgan fingerprint density at radius 2 is 1.93 bits per heavy atom. The van der Waals surface area contributed by atoms with E-state index in [1.165, 1.54) is 6.08 Å². The fourth-order valence-electron chi connectivity index (χ4n) is 0.901. The lowest BCUT2D eigenvalue weighted by Gasteiger charge is -2.01. The Kier molecular flexibility index (Phi) is 4.31.